The van der Waals surface area contributed by atoms with Crippen LogP contribution in [0.4, 0.5) is 22.7 Å². The fourth-order valence-electron chi connectivity index (χ4n) is 1.97. The maximum Gasteiger partial charge on any atom is 0.171 e. The summed E-state index contributed by atoms with van der Waals surface area (Å²) >= 11 is 0. The molecule has 25 heavy (non-hydrogen) atoms. The lowest BCUT2D eigenvalue weighted by Gasteiger charge is -2.01. The van der Waals surface area contributed by atoms with Crippen molar-refractivity contribution in [3.8, 4) is 11.5 Å². The molecule has 124 valence electrons. The lowest BCUT2D eigenvalue weighted by molar-refractivity contribution is 0.452. The van der Waals surface area contributed by atoms with Gasteiger partial charge in [-0.05, 0) is 48.5 Å². The number of benzene rings is 3. The minimum atomic E-state index is -0.151. The molecule has 0 aliphatic rings. The number of nitrogens with zero attached hydrogens (tertiary/aromatic N) is 4. The Balaban J connectivity index is 1.63. The Labute approximate surface area is 144 Å². The smallest absolute Gasteiger partial charge is 0.171 e. The summed E-state index contributed by atoms with van der Waals surface area (Å²) in [6, 6.07) is 20.9. The lowest BCUT2D eigenvalue weighted by Crippen LogP contribution is -1.85. The molecule has 3 aromatic carbocycles. The third-order valence-corrected chi connectivity index (χ3v) is 3.23. The molecule has 0 amide bonds. The van der Waals surface area contributed by atoms with Gasteiger partial charge in [-0.3, -0.25) is 5.43 Å². The van der Waals surface area contributed by atoms with E-state index in [1.54, 1.807) is 24.3 Å². The van der Waals surface area contributed by atoms with Crippen molar-refractivity contribution in [3.63, 3.8) is 0 Å². The highest BCUT2D eigenvalue weighted by Gasteiger charge is 2.04. The summed E-state index contributed by atoms with van der Waals surface area (Å²) in [6.45, 7) is 0. The minimum Gasteiger partial charge on any atom is -0.505 e. The molecule has 0 atom stereocenters. The molecule has 3 rings (SSSR count). The van der Waals surface area contributed by atoms with Gasteiger partial charge in [0.2, 0.25) is 0 Å². The zero-order valence-electron chi connectivity index (χ0n) is 13.1. The topological polar surface area (TPSA) is 102 Å². The van der Waals surface area contributed by atoms with E-state index in [1.807, 2.05) is 30.3 Å². The Morgan fingerprint density at radius 1 is 0.600 bits per heavy atom. The average molecular weight is 333 g/mol. The summed E-state index contributed by atoms with van der Waals surface area (Å²) in [5.41, 5.74) is 4.87. The van der Waals surface area contributed by atoms with E-state index in [1.165, 1.54) is 18.2 Å². The van der Waals surface area contributed by atoms with Gasteiger partial charge in [-0.25, -0.2) is 0 Å². The number of anilines is 1. The van der Waals surface area contributed by atoms with E-state index in [0.29, 0.717) is 11.4 Å². The summed E-state index contributed by atoms with van der Waals surface area (Å²) in [7, 11) is 0. The van der Waals surface area contributed by atoms with Gasteiger partial charge in [0.1, 0.15) is 11.5 Å². The standard InChI is InChI=1S/C18H15N5O2/c24-16-7-4-8-17(25)18(16)22-23-21-15-11-9-14(10-12-15)20-19-13-5-2-1-3-6-13/h1-12,24-25H,(H,21,22). The highest BCUT2D eigenvalue weighted by molar-refractivity contribution is 5.60. The number of aromatic hydroxyl groups is 2. The number of hydrogen-bond acceptors (Lipinski definition) is 6. The Bertz CT molecular complexity index is 873. The zero-order valence-corrected chi connectivity index (χ0v) is 13.1. The molecule has 0 bridgehead atoms. The van der Waals surface area contributed by atoms with Gasteiger partial charge in [0, 0.05) is 0 Å². The highest BCUT2D eigenvalue weighted by Crippen LogP contribution is 2.35. The first kappa shape index (κ1) is 16.1. The first-order valence-electron chi connectivity index (χ1n) is 7.47. The maximum absolute atomic E-state index is 9.61. The van der Waals surface area contributed by atoms with Crippen molar-refractivity contribution in [3.05, 3.63) is 72.8 Å². The SMILES string of the molecule is Oc1cccc(O)c1N=NNc1ccc(N=Nc2ccccc2)cc1. The number of nitrogens with one attached hydrogen (secondary N) is 1. The normalized spacial score (nSPS) is 11.2. The molecule has 3 N–H and O–H groups in total. The Morgan fingerprint density at radius 3 is 1.84 bits per heavy atom. The minimum absolute atomic E-state index is 0.00304. The predicted molar refractivity (Wildman–Crippen MR) is 95.0 cm³/mol. The molecule has 0 aliphatic carbocycles. The third-order valence-electron chi connectivity index (χ3n) is 3.23. The number of rotatable bonds is 5. The summed E-state index contributed by atoms with van der Waals surface area (Å²) in [5, 5.41) is 35.0. The van der Waals surface area contributed by atoms with Crippen LogP contribution >= 0.6 is 0 Å². The van der Waals surface area contributed by atoms with Crippen LogP contribution in [0, 0.1) is 0 Å². The van der Waals surface area contributed by atoms with Gasteiger partial charge in [-0.1, -0.05) is 29.5 Å². The molecule has 0 saturated carbocycles. The lowest BCUT2D eigenvalue weighted by atomic mass is 10.3. The van der Waals surface area contributed by atoms with E-state index in [4.69, 9.17) is 0 Å². The molecule has 0 saturated heterocycles. The molecule has 7 nitrogen and oxygen atoms in total. The van der Waals surface area contributed by atoms with Crippen LogP contribution in [0.25, 0.3) is 0 Å². The Morgan fingerprint density at radius 2 is 1.20 bits per heavy atom. The second-order valence-electron chi connectivity index (χ2n) is 5.04. The molecule has 0 fully saturated rings. The van der Waals surface area contributed by atoms with Crippen molar-refractivity contribution in [1.82, 2.24) is 0 Å². The van der Waals surface area contributed by atoms with Crippen LogP contribution in [0.3, 0.4) is 0 Å². The number of phenolic OH excluding ortho intramolecular Hbond substituents is 2. The summed E-state index contributed by atoms with van der Waals surface area (Å²) < 4.78 is 0. The molecule has 0 aliphatic heterocycles. The monoisotopic (exact) mass is 333 g/mol. The molecule has 7 heteroatoms. The highest BCUT2D eigenvalue weighted by atomic mass is 16.3. The maximum atomic E-state index is 9.61. The fraction of sp³-hybridized carbons (Fsp3) is 0. The van der Waals surface area contributed by atoms with Crippen molar-refractivity contribution >= 4 is 22.7 Å². The molecule has 3 aromatic rings. The van der Waals surface area contributed by atoms with Crippen molar-refractivity contribution in [2.24, 2.45) is 20.6 Å². The number of hydrogen-bond donors (Lipinski definition) is 3. The van der Waals surface area contributed by atoms with Crippen LogP contribution in [0.1, 0.15) is 0 Å². The summed E-state index contributed by atoms with van der Waals surface area (Å²) in [4.78, 5) is 0. The molecule has 0 aromatic heterocycles. The van der Waals surface area contributed by atoms with Gasteiger partial charge in [-0.2, -0.15) is 10.2 Å². The molecule has 0 unspecified atom stereocenters. The van der Waals surface area contributed by atoms with Crippen LogP contribution in [0.5, 0.6) is 11.5 Å². The predicted octanol–water partition coefficient (Wildman–Crippen LogP) is 5.62. The van der Waals surface area contributed by atoms with E-state index >= 15 is 0 Å². The zero-order chi connectivity index (χ0) is 17.5. The van der Waals surface area contributed by atoms with E-state index < -0.39 is 0 Å². The van der Waals surface area contributed by atoms with Crippen molar-refractivity contribution in [2.75, 3.05) is 5.43 Å². The van der Waals surface area contributed by atoms with Crippen molar-refractivity contribution in [1.29, 1.82) is 0 Å². The summed E-state index contributed by atoms with van der Waals surface area (Å²) in [6.07, 6.45) is 0. The van der Waals surface area contributed by atoms with Crippen LogP contribution in [0.15, 0.2) is 93.4 Å². The first-order valence-corrected chi connectivity index (χ1v) is 7.47. The second-order valence-corrected chi connectivity index (χ2v) is 5.04. The van der Waals surface area contributed by atoms with Gasteiger partial charge in [-0.15, -0.1) is 5.11 Å². The van der Waals surface area contributed by atoms with E-state index in [0.717, 1.165) is 5.69 Å². The molecule has 0 radical (unpaired) electrons. The van der Waals surface area contributed by atoms with Crippen LogP contribution in [-0.2, 0) is 0 Å². The quantitative estimate of drug-likeness (QED) is 0.417. The van der Waals surface area contributed by atoms with Gasteiger partial charge in [0.15, 0.2) is 5.69 Å². The van der Waals surface area contributed by atoms with Crippen molar-refractivity contribution in [2.45, 2.75) is 0 Å². The van der Waals surface area contributed by atoms with Gasteiger partial charge < -0.3 is 10.2 Å². The van der Waals surface area contributed by atoms with E-state index in [-0.39, 0.29) is 17.2 Å². The third kappa shape index (κ3) is 4.38. The first-order chi connectivity index (χ1) is 12.2. The van der Waals surface area contributed by atoms with Crippen molar-refractivity contribution < 1.29 is 10.2 Å². The molecular formula is C18H15N5O2. The van der Waals surface area contributed by atoms with Gasteiger partial charge in [0.25, 0.3) is 0 Å². The van der Waals surface area contributed by atoms with Gasteiger partial charge in [0.05, 0.1) is 17.1 Å². The number of phenols is 2. The Hall–Kier alpha value is -3.74. The average Bonchev–Trinajstić information content (AvgIpc) is 2.64. The fourth-order valence-corrected chi connectivity index (χ4v) is 1.97. The van der Waals surface area contributed by atoms with Gasteiger partial charge >= 0.3 is 0 Å². The second kappa shape index (κ2) is 7.69. The van der Waals surface area contributed by atoms with E-state index in [2.05, 4.69) is 26.0 Å². The van der Waals surface area contributed by atoms with Crippen LogP contribution in [-0.4, -0.2) is 10.2 Å². The summed E-state index contributed by atoms with van der Waals surface area (Å²) in [5.74, 6) is -0.301. The van der Waals surface area contributed by atoms with Crippen LogP contribution in [0.2, 0.25) is 0 Å². The van der Waals surface area contributed by atoms with E-state index in [9.17, 15) is 10.2 Å². The van der Waals surface area contributed by atoms with Crippen LogP contribution < -0.4 is 5.43 Å². The Kier molecular flexibility index (Phi) is 4.96. The largest absolute Gasteiger partial charge is 0.505 e. The number of azo groups is 1. The molecular weight excluding hydrogens is 318 g/mol. The molecule has 0 spiro atoms. The molecule has 0 heterocycles.